The monoisotopic (exact) mass is 347 g/mol. The molecule has 4 nitrogen and oxygen atoms in total. The molecule has 0 saturated heterocycles. The highest BCUT2D eigenvalue weighted by molar-refractivity contribution is 7.80. The molecule has 1 heterocycles. The molecule has 0 aliphatic rings. The number of hydrogen-bond acceptors (Lipinski definition) is 4. The predicted molar refractivity (Wildman–Crippen MR) is 94.8 cm³/mol. The van der Waals surface area contributed by atoms with Crippen molar-refractivity contribution in [3.8, 4) is 0 Å². The summed E-state index contributed by atoms with van der Waals surface area (Å²) in [4.78, 5) is 16.4. The smallest absolute Gasteiger partial charge is 0.257 e. The molecule has 22 heavy (non-hydrogen) atoms. The van der Waals surface area contributed by atoms with E-state index in [2.05, 4.69) is 15.6 Å². The number of carbonyl (C=O) groups excluding carboxylic acids is 1. The highest BCUT2D eigenvalue weighted by Gasteiger charge is 2.10. The van der Waals surface area contributed by atoms with E-state index in [-0.39, 0.29) is 11.0 Å². The first-order valence-corrected chi connectivity index (χ1v) is 7.96. The maximum atomic E-state index is 12.0. The summed E-state index contributed by atoms with van der Waals surface area (Å²) < 4.78 is 0.951. The van der Waals surface area contributed by atoms with E-state index in [1.165, 1.54) is 11.3 Å². The molecule has 2 N–H and O–H groups in total. The van der Waals surface area contributed by atoms with Crippen LogP contribution in [0.25, 0.3) is 10.2 Å². The average molecular weight is 348 g/mol. The van der Waals surface area contributed by atoms with Crippen LogP contribution >= 0.6 is 35.2 Å². The summed E-state index contributed by atoms with van der Waals surface area (Å²) in [6, 6.07) is 14.4. The maximum Gasteiger partial charge on any atom is 0.257 e. The topological polar surface area (TPSA) is 54.0 Å². The van der Waals surface area contributed by atoms with Crippen molar-refractivity contribution in [1.29, 1.82) is 0 Å². The maximum absolute atomic E-state index is 12.0. The van der Waals surface area contributed by atoms with Crippen LogP contribution in [-0.4, -0.2) is 16.0 Å². The fourth-order valence-corrected chi connectivity index (χ4v) is 3.29. The lowest BCUT2D eigenvalue weighted by Crippen LogP contribution is -2.34. The Labute approximate surface area is 141 Å². The van der Waals surface area contributed by atoms with Crippen LogP contribution in [0, 0.1) is 0 Å². The van der Waals surface area contributed by atoms with Crippen LogP contribution in [0.15, 0.2) is 48.5 Å². The van der Waals surface area contributed by atoms with Crippen molar-refractivity contribution in [2.24, 2.45) is 0 Å². The van der Waals surface area contributed by atoms with Crippen LogP contribution < -0.4 is 10.6 Å². The number of nitrogens with one attached hydrogen (secondary N) is 2. The Morgan fingerprint density at radius 2 is 1.91 bits per heavy atom. The first kappa shape index (κ1) is 14.9. The van der Waals surface area contributed by atoms with E-state index in [0.29, 0.717) is 21.2 Å². The highest BCUT2D eigenvalue weighted by Crippen LogP contribution is 2.30. The van der Waals surface area contributed by atoms with Gasteiger partial charge in [0.05, 0.1) is 9.72 Å². The molecule has 3 rings (SSSR count). The van der Waals surface area contributed by atoms with E-state index < -0.39 is 0 Å². The van der Waals surface area contributed by atoms with Crippen molar-refractivity contribution in [3.05, 3.63) is 59.1 Å². The second-order valence-electron chi connectivity index (χ2n) is 4.38. The van der Waals surface area contributed by atoms with Gasteiger partial charge in [-0.25, -0.2) is 4.98 Å². The Morgan fingerprint density at radius 3 is 2.64 bits per heavy atom. The van der Waals surface area contributed by atoms with E-state index >= 15 is 0 Å². The summed E-state index contributed by atoms with van der Waals surface area (Å²) in [5, 5.41) is 6.89. The summed E-state index contributed by atoms with van der Waals surface area (Å²) in [5.74, 6) is -0.266. The van der Waals surface area contributed by atoms with E-state index in [4.69, 9.17) is 23.8 Å². The number of fused-ring (bicyclic) bond motifs is 1. The Bertz CT molecular complexity index is 848. The molecule has 3 aromatic rings. The van der Waals surface area contributed by atoms with Gasteiger partial charge in [0.2, 0.25) is 0 Å². The largest absolute Gasteiger partial charge is 0.308 e. The molecule has 0 unspecified atom stereocenters. The summed E-state index contributed by atoms with van der Waals surface area (Å²) in [6.45, 7) is 0. The van der Waals surface area contributed by atoms with Gasteiger partial charge in [0, 0.05) is 5.56 Å². The minimum Gasteiger partial charge on any atom is -0.308 e. The van der Waals surface area contributed by atoms with Gasteiger partial charge in [-0.2, -0.15) is 0 Å². The van der Waals surface area contributed by atoms with Crippen LogP contribution in [0.3, 0.4) is 0 Å². The third-order valence-electron chi connectivity index (χ3n) is 2.85. The second kappa shape index (κ2) is 6.39. The van der Waals surface area contributed by atoms with Crippen LogP contribution in [0.1, 0.15) is 10.4 Å². The zero-order chi connectivity index (χ0) is 15.5. The van der Waals surface area contributed by atoms with E-state index in [1.54, 1.807) is 30.3 Å². The number of carbonyl (C=O) groups is 1. The number of aromatic nitrogens is 1. The number of benzene rings is 2. The van der Waals surface area contributed by atoms with Gasteiger partial charge in [0.25, 0.3) is 5.91 Å². The Morgan fingerprint density at radius 1 is 1.14 bits per heavy atom. The number of nitrogens with zero attached hydrogens (tertiary/aromatic N) is 1. The van der Waals surface area contributed by atoms with Crippen molar-refractivity contribution < 1.29 is 4.79 Å². The number of anilines is 1. The molecule has 1 aromatic heterocycles. The molecule has 0 atom stereocenters. The molecule has 0 fully saturated rings. The van der Waals surface area contributed by atoms with Gasteiger partial charge in [-0.1, -0.05) is 47.2 Å². The summed E-state index contributed by atoms with van der Waals surface area (Å²) in [6.07, 6.45) is 0. The Kier molecular flexibility index (Phi) is 4.33. The lowest BCUT2D eigenvalue weighted by molar-refractivity contribution is 0.0978. The number of amides is 1. The molecule has 0 aliphatic carbocycles. The zero-order valence-electron chi connectivity index (χ0n) is 11.2. The van der Waals surface area contributed by atoms with Crippen molar-refractivity contribution in [3.63, 3.8) is 0 Å². The average Bonchev–Trinajstić information content (AvgIpc) is 2.92. The molecule has 110 valence electrons. The van der Waals surface area contributed by atoms with Gasteiger partial charge in [0.15, 0.2) is 10.2 Å². The number of hydrogen-bond donors (Lipinski definition) is 2. The fraction of sp³-hybridized carbons (Fsp3) is 0. The van der Waals surface area contributed by atoms with Gasteiger partial charge in [0.1, 0.15) is 5.52 Å². The van der Waals surface area contributed by atoms with E-state index in [0.717, 1.165) is 4.70 Å². The molecular weight excluding hydrogens is 338 g/mol. The number of thiocarbonyl (C=S) groups is 1. The molecule has 1 amide bonds. The standard InChI is InChI=1S/C15H10ClN3OS2/c16-10-7-4-8-11-12(10)17-15(22-11)19-14(21)18-13(20)9-5-2-1-3-6-9/h1-8H,(H2,17,18,19,20,21). The molecular formula is C15H10ClN3OS2. The van der Waals surface area contributed by atoms with Gasteiger partial charge in [-0.15, -0.1) is 0 Å². The molecule has 0 aliphatic heterocycles. The first-order chi connectivity index (χ1) is 10.6. The second-order valence-corrected chi connectivity index (χ2v) is 6.23. The lowest BCUT2D eigenvalue weighted by Gasteiger charge is -2.06. The fourth-order valence-electron chi connectivity index (χ4n) is 1.86. The minimum absolute atomic E-state index is 0.198. The van der Waals surface area contributed by atoms with E-state index in [9.17, 15) is 4.79 Å². The number of halogens is 1. The minimum atomic E-state index is -0.266. The molecule has 0 bridgehead atoms. The van der Waals surface area contributed by atoms with Gasteiger partial charge in [-0.05, 0) is 36.5 Å². The molecule has 2 aromatic carbocycles. The van der Waals surface area contributed by atoms with Crippen molar-refractivity contribution >= 4 is 61.5 Å². The van der Waals surface area contributed by atoms with Crippen LogP contribution in [0.4, 0.5) is 5.13 Å². The van der Waals surface area contributed by atoms with Gasteiger partial charge in [-0.3, -0.25) is 10.1 Å². The number of rotatable bonds is 2. The van der Waals surface area contributed by atoms with Crippen LogP contribution in [0.5, 0.6) is 0 Å². The molecule has 7 heteroatoms. The van der Waals surface area contributed by atoms with Gasteiger partial charge < -0.3 is 5.32 Å². The molecule has 0 spiro atoms. The van der Waals surface area contributed by atoms with Crippen LogP contribution in [-0.2, 0) is 0 Å². The molecule has 0 radical (unpaired) electrons. The highest BCUT2D eigenvalue weighted by atomic mass is 35.5. The van der Waals surface area contributed by atoms with Crippen molar-refractivity contribution in [1.82, 2.24) is 10.3 Å². The summed E-state index contributed by atoms with van der Waals surface area (Å²) in [5.41, 5.74) is 1.26. The summed E-state index contributed by atoms with van der Waals surface area (Å²) in [7, 11) is 0. The van der Waals surface area contributed by atoms with Crippen molar-refractivity contribution in [2.45, 2.75) is 0 Å². The SMILES string of the molecule is O=C(NC(=S)Nc1nc2c(Cl)cccc2s1)c1ccccc1. The van der Waals surface area contributed by atoms with Crippen molar-refractivity contribution in [2.75, 3.05) is 5.32 Å². The Balaban J connectivity index is 1.71. The third-order valence-corrected chi connectivity index (χ3v) is 4.30. The predicted octanol–water partition coefficient (Wildman–Crippen LogP) is 4.08. The van der Waals surface area contributed by atoms with Crippen LogP contribution in [0.2, 0.25) is 5.02 Å². The third kappa shape index (κ3) is 3.24. The normalized spacial score (nSPS) is 10.4. The summed E-state index contributed by atoms with van der Waals surface area (Å²) >= 11 is 12.6. The quantitative estimate of drug-likeness (QED) is 0.686. The van der Waals surface area contributed by atoms with E-state index in [1.807, 2.05) is 18.2 Å². The zero-order valence-corrected chi connectivity index (χ0v) is 13.6. The number of para-hydroxylation sites is 1. The lowest BCUT2D eigenvalue weighted by atomic mass is 10.2. The van der Waals surface area contributed by atoms with Gasteiger partial charge >= 0.3 is 0 Å². The Hall–Kier alpha value is -2.02. The number of thiazole rings is 1. The first-order valence-electron chi connectivity index (χ1n) is 6.36. The molecule has 0 saturated carbocycles.